The quantitative estimate of drug-likeness (QED) is 0.712. The Morgan fingerprint density at radius 3 is 2.62 bits per heavy atom. The van der Waals surface area contributed by atoms with E-state index in [1.54, 1.807) is 0 Å². The summed E-state index contributed by atoms with van der Waals surface area (Å²) < 4.78 is 0. The molecule has 0 spiro atoms. The van der Waals surface area contributed by atoms with Crippen LogP contribution in [0.15, 0.2) is 24.3 Å². The largest absolute Gasteiger partial charge is 0.0891 e. The molecule has 2 unspecified atom stereocenters. The van der Waals surface area contributed by atoms with E-state index in [0.717, 1.165) is 11.4 Å². The fourth-order valence-corrected chi connectivity index (χ4v) is 1.60. The van der Waals surface area contributed by atoms with Crippen molar-refractivity contribution >= 4 is 27.5 Å². The molecular weight excluding hydrogens is 247 g/mol. The predicted octanol–water partition coefficient (Wildman–Crippen LogP) is 4.30. The van der Waals surface area contributed by atoms with Crippen LogP contribution in [0.3, 0.4) is 0 Å². The molecule has 0 heterocycles. The Kier molecular flexibility index (Phi) is 4.27. The number of benzene rings is 1. The summed E-state index contributed by atoms with van der Waals surface area (Å²) in [5.74, 6) is 0.637. The third-order valence-electron chi connectivity index (χ3n) is 2.23. The summed E-state index contributed by atoms with van der Waals surface area (Å²) >= 11 is 9.48. The molecule has 0 aliphatic rings. The van der Waals surface area contributed by atoms with E-state index in [0.29, 0.717) is 10.7 Å². The Bertz CT molecular complexity index is 271. The first-order chi connectivity index (χ1) is 6.09. The summed E-state index contributed by atoms with van der Waals surface area (Å²) in [6.45, 7) is 4.41. The zero-order valence-corrected chi connectivity index (χ0v) is 10.3. The number of rotatable bonds is 3. The van der Waals surface area contributed by atoms with Crippen LogP contribution in [0.4, 0.5) is 0 Å². The van der Waals surface area contributed by atoms with Gasteiger partial charge in [-0.3, -0.25) is 0 Å². The molecule has 72 valence electrons. The second-order valence-corrected chi connectivity index (χ2v) is 5.37. The third kappa shape index (κ3) is 3.70. The highest BCUT2D eigenvalue weighted by Gasteiger charge is 2.09. The number of halogens is 2. The van der Waals surface area contributed by atoms with Crippen molar-refractivity contribution in [3.8, 4) is 0 Å². The van der Waals surface area contributed by atoms with Gasteiger partial charge in [-0.2, -0.15) is 0 Å². The second-order valence-electron chi connectivity index (χ2n) is 3.49. The fourth-order valence-electron chi connectivity index (χ4n) is 1.20. The monoisotopic (exact) mass is 260 g/mol. The van der Waals surface area contributed by atoms with E-state index in [2.05, 4.69) is 35.8 Å². The maximum absolute atomic E-state index is 5.90. The standard InChI is InChI=1S/C11H14BrCl/c1-8(9(2)12)6-10-4-3-5-11(13)7-10/h3-5,7-9H,6H2,1-2H3. The van der Waals surface area contributed by atoms with Crippen LogP contribution in [0.25, 0.3) is 0 Å². The van der Waals surface area contributed by atoms with Gasteiger partial charge in [0.25, 0.3) is 0 Å². The van der Waals surface area contributed by atoms with Gasteiger partial charge >= 0.3 is 0 Å². The van der Waals surface area contributed by atoms with E-state index in [1.807, 2.05) is 18.2 Å². The molecular formula is C11H14BrCl. The van der Waals surface area contributed by atoms with Crippen LogP contribution in [0.5, 0.6) is 0 Å². The van der Waals surface area contributed by atoms with E-state index in [4.69, 9.17) is 11.6 Å². The van der Waals surface area contributed by atoms with Gasteiger partial charge < -0.3 is 0 Å². The first-order valence-electron chi connectivity index (χ1n) is 4.48. The van der Waals surface area contributed by atoms with Gasteiger partial charge in [0.15, 0.2) is 0 Å². The fraction of sp³-hybridized carbons (Fsp3) is 0.455. The van der Waals surface area contributed by atoms with Crippen molar-refractivity contribution in [3.05, 3.63) is 34.9 Å². The Morgan fingerprint density at radius 2 is 2.08 bits per heavy atom. The number of hydrogen-bond acceptors (Lipinski definition) is 0. The highest BCUT2D eigenvalue weighted by Crippen LogP contribution is 2.19. The molecule has 0 aliphatic carbocycles. The summed E-state index contributed by atoms with van der Waals surface area (Å²) in [5, 5.41) is 0.826. The lowest BCUT2D eigenvalue weighted by Crippen LogP contribution is -2.09. The predicted molar refractivity (Wildman–Crippen MR) is 62.7 cm³/mol. The van der Waals surface area contributed by atoms with Crippen molar-refractivity contribution < 1.29 is 0 Å². The minimum Gasteiger partial charge on any atom is -0.0891 e. The van der Waals surface area contributed by atoms with Crippen LogP contribution < -0.4 is 0 Å². The van der Waals surface area contributed by atoms with Gasteiger partial charge in [-0.05, 0) is 30.0 Å². The summed E-state index contributed by atoms with van der Waals surface area (Å²) in [7, 11) is 0. The average Bonchev–Trinajstić information content (AvgIpc) is 2.04. The van der Waals surface area contributed by atoms with Crippen molar-refractivity contribution in [1.29, 1.82) is 0 Å². The lowest BCUT2D eigenvalue weighted by Gasteiger charge is -2.13. The maximum Gasteiger partial charge on any atom is 0.0408 e. The molecule has 1 aromatic rings. The minimum atomic E-state index is 0.548. The van der Waals surface area contributed by atoms with Crippen LogP contribution >= 0.6 is 27.5 Å². The van der Waals surface area contributed by atoms with E-state index in [-0.39, 0.29) is 0 Å². The molecule has 0 fully saturated rings. The molecule has 0 aliphatic heterocycles. The molecule has 2 heteroatoms. The number of hydrogen-bond donors (Lipinski definition) is 0. The molecule has 0 saturated carbocycles. The molecule has 0 saturated heterocycles. The van der Waals surface area contributed by atoms with Gasteiger partial charge in [0.2, 0.25) is 0 Å². The lowest BCUT2D eigenvalue weighted by molar-refractivity contribution is 0.581. The Morgan fingerprint density at radius 1 is 1.38 bits per heavy atom. The van der Waals surface area contributed by atoms with Crippen molar-refractivity contribution in [2.45, 2.75) is 25.1 Å². The van der Waals surface area contributed by atoms with Gasteiger partial charge in [0, 0.05) is 9.85 Å². The summed E-state index contributed by atoms with van der Waals surface area (Å²) in [4.78, 5) is 0.548. The summed E-state index contributed by atoms with van der Waals surface area (Å²) in [6, 6.07) is 8.07. The Hall–Kier alpha value is -0.0100. The topological polar surface area (TPSA) is 0 Å². The molecule has 0 bridgehead atoms. The van der Waals surface area contributed by atoms with Crippen LogP contribution in [-0.2, 0) is 6.42 Å². The first kappa shape index (κ1) is 11.1. The van der Waals surface area contributed by atoms with Crippen molar-refractivity contribution in [1.82, 2.24) is 0 Å². The van der Waals surface area contributed by atoms with Gasteiger partial charge in [0.05, 0.1) is 0 Å². The summed E-state index contributed by atoms with van der Waals surface area (Å²) in [6.07, 6.45) is 1.08. The van der Waals surface area contributed by atoms with Crippen molar-refractivity contribution in [2.24, 2.45) is 5.92 Å². The van der Waals surface area contributed by atoms with E-state index in [9.17, 15) is 0 Å². The van der Waals surface area contributed by atoms with Crippen LogP contribution in [-0.4, -0.2) is 4.83 Å². The van der Waals surface area contributed by atoms with E-state index < -0.39 is 0 Å². The SMILES string of the molecule is CC(Br)C(C)Cc1cccc(Cl)c1. The van der Waals surface area contributed by atoms with E-state index >= 15 is 0 Å². The zero-order valence-electron chi connectivity index (χ0n) is 7.93. The Balaban J connectivity index is 2.64. The van der Waals surface area contributed by atoms with Crippen molar-refractivity contribution in [3.63, 3.8) is 0 Å². The van der Waals surface area contributed by atoms with Crippen molar-refractivity contribution in [2.75, 3.05) is 0 Å². The summed E-state index contributed by atoms with van der Waals surface area (Å²) in [5.41, 5.74) is 1.31. The Labute approximate surface area is 93.4 Å². The lowest BCUT2D eigenvalue weighted by atomic mass is 9.99. The molecule has 0 radical (unpaired) electrons. The van der Waals surface area contributed by atoms with Crippen LogP contribution in [0, 0.1) is 5.92 Å². The first-order valence-corrected chi connectivity index (χ1v) is 5.77. The third-order valence-corrected chi connectivity index (χ3v) is 3.37. The molecule has 0 N–H and O–H groups in total. The highest BCUT2D eigenvalue weighted by atomic mass is 79.9. The van der Waals surface area contributed by atoms with Crippen LogP contribution in [0.1, 0.15) is 19.4 Å². The zero-order chi connectivity index (χ0) is 9.84. The molecule has 0 aromatic heterocycles. The minimum absolute atomic E-state index is 0.548. The van der Waals surface area contributed by atoms with Gasteiger partial charge in [0.1, 0.15) is 0 Å². The van der Waals surface area contributed by atoms with Gasteiger partial charge in [-0.1, -0.05) is 53.5 Å². The molecule has 0 nitrogen and oxygen atoms in total. The maximum atomic E-state index is 5.90. The van der Waals surface area contributed by atoms with E-state index in [1.165, 1.54) is 5.56 Å². The average molecular weight is 262 g/mol. The van der Waals surface area contributed by atoms with Gasteiger partial charge in [-0.25, -0.2) is 0 Å². The molecule has 13 heavy (non-hydrogen) atoms. The number of alkyl halides is 1. The van der Waals surface area contributed by atoms with Gasteiger partial charge in [-0.15, -0.1) is 0 Å². The molecule has 1 rings (SSSR count). The highest BCUT2D eigenvalue weighted by molar-refractivity contribution is 9.09. The normalized spacial score (nSPS) is 15.4. The molecule has 0 amide bonds. The smallest absolute Gasteiger partial charge is 0.0408 e. The second kappa shape index (κ2) is 5.02. The van der Waals surface area contributed by atoms with Crippen LogP contribution in [0.2, 0.25) is 5.02 Å². The molecule has 1 aromatic carbocycles. The molecule has 2 atom stereocenters.